The first-order chi connectivity index (χ1) is 8.58. The van der Waals surface area contributed by atoms with Gasteiger partial charge < -0.3 is 10.1 Å². The van der Waals surface area contributed by atoms with Crippen LogP contribution in [0.4, 0.5) is 0 Å². The van der Waals surface area contributed by atoms with Gasteiger partial charge in [0.15, 0.2) is 0 Å². The monoisotopic (exact) mass is 331 g/mol. The molecule has 1 fully saturated rings. The quantitative estimate of drug-likeness (QED) is 0.922. The maximum atomic E-state index is 12.0. The summed E-state index contributed by atoms with van der Waals surface area (Å²) in [5, 5.41) is 3.38. The van der Waals surface area contributed by atoms with Gasteiger partial charge in [0.2, 0.25) is 0 Å². The maximum Gasteiger partial charge on any atom is 0.252 e. The van der Waals surface area contributed by atoms with Crippen LogP contribution >= 0.6 is 27.5 Å². The molecule has 1 amide bonds. The van der Waals surface area contributed by atoms with E-state index in [0.29, 0.717) is 23.0 Å². The molecular weight excluding hydrogens is 318 g/mol. The summed E-state index contributed by atoms with van der Waals surface area (Å²) >= 11 is 9.34. The van der Waals surface area contributed by atoms with E-state index in [1.54, 1.807) is 12.1 Å². The minimum Gasteiger partial charge on any atom is -0.378 e. The Morgan fingerprint density at radius 1 is 1.61 bits per heavy atom. The summed E-state index contributed by atoms with van der Waals surface area (Å²) < 4.78 is 6.30. The average molecular weight is 333 g/mol. The van der Waals surface area contributed by atoms with E-state index in [1.165, 1.54) is 0 Å². The van der Waals surface area contributed by atoms with E-state index in [2.05, 4.69) is 21.2 Å². The molecule has 1 aromatic rings. The van der Waals surface area contributed by atoms with E-state index in [1.807, 2.05) is 13.0 Å². The van der Waals surface area contributed by atoms with Gasteiger partial charge in [-0.3, -0.25) is 4.79 Å². The molecule has 1 heterocycles. The van der Waals surface area contributed by atoms with E-state index in [-0.39, 0.29) is 12.0 Å². The molecule has 98 valence electrons. The Hall–Kier alpha value is -0.580. The second-order valence-corrected chi connectivity index (χ2v) is 5.78. The van der Waals surface area contributed by atoms with Crippen LogP contribution in [0.15, 0.2) is 22.7 Å². The molecular formula is C13H15BrClNO2. The Morgan fingerprint density at radius 3 is 3.06 bits per heavy atom. The molecule has 2 unspecified atom stereocenters. The summed E-state index contributed by atoms with van der Waals surface area (Å²) in [4.78, 5) is 12.0. The lowest BCUT2D eigenvalue weighted by Crippen LogP contribution is -2.32. The molecule has 1 saturated heterocycles. The minimum atomic E-state index is -0.139. The highest BCUT2D eigenvalue weighted by Gasteiger charge is 2.24. The topological polar surface area (TPSA) is 38.3 Å². The Bertz CT molecular complexity index is 453. The standard InChI is InChI=1S/C13H15BrClNO2/c1-8-9(4-5-18-8)7-16-13(17)11-6-10(14)2-3-12(11)15/h2-3,6,8-9H,4-5,7H2,1H3,(H,16,17). The predicted molar refractivity (Wildman–Crippen MR) is 75.0 cm³/mol. The maximum absolute atomic E-state index is 12.0. The number of hydrogen-bond acceptors (Lipinski definition) is 2. The number of carbonyl (C=O) groups is 1. The third-order valence-electron chi connectivity index (χ3n) is 3.23. The van der Waals surface area contributed by atoms with E-state index in [4.69, 9.17) is 16.3 Å². The SMILES string of the molecule is CC1OCCC1CNC(=O)c1cc(Br)ccc1Cl. The van der Waals surface area contributed by atoms with E-state index >= 15 is 0 Å². The molecule has 1 aromatic carbocycles. The molecule has 2 rings (SSSR count). The fourth-order valence-corrected chi connectivity index (χ4v) is 2.60. The molecule has 2 atom stereocenters. The number of nitrogens with one attached hydrogen (secondary N) is 1. The smallest absolute Gasteiger partial charge is 0.252 e. The van der Waals surface area contributed by atoms with Gasteiger partial charge in [-0.2, -0.15) is 0 Å². The van der Waals surface area contributed by atoms with Crippen molar-refractivity contribution in [2.24, 2.45) is 5.92 Å². The van der Waals surface area contributed by atoms with Gasteiger partial charge in [0.05, 0.1) is 16.7 Å². The molecule has 0 aliphatic carbocycles. The fourth-order valence-electron chi connectivity index (χ4n) is 2.03. The molecule has 0 aromatic heterocycles. The second-order valence-electron chi connectivity index (χ2n) is 4.46. The van der Waals surface area contributed by atoms with Crippen molar-refractivity contribution in [1.82, 2.24) is 5.32 Å². The van der Waals surface area contributed by atoms with E-state index in [0.717, 1.165) is 17.5 Å². The van der Waals surface area contributed by atoms with Gasteiger partial charge in [-0.25, -0.2) is 0 Å². The number of hydrogen-bond donors (Lipinski definition) is 1. The first kappa shape index (κ1) is 13.8. The molecule has 3 nitrogen and oxygen atoms in total. The fraction of sp³-hybridized carbons (Fsp3) is 0.462. The van der Waals surface area contributed by atoms with Crippen LogP contribution in [0.5, 0.6) is 0 Å². The third kappa shape index (κ3) is 3.25. The summed E-state index contributed by atoms with van der Waals surface area (Å²) in [6.45, 7) is 3.44. The molecule has 1 aliphatic rings. The summed E-state index contributed by atoms with van der Waals surface area (Å²) in [5.41, 5.74) is 0.498. The zero-order valence-electron chi connectivity index (χ0n) is 10.1. The third-order valence-corrected chi connectivity index (χ3v) is 4.05. The van der Waals surface area contributed by atoms with Crippen molar-refractivity contribution in [3.63, 3.8) is 0 Å². The highest BCUT2D eigenvalue weighted by molar-refractivity contribution is 9.10. The van der Waals surface area contributed by atoms with Gasteiger partial charge in [0, 0.05) is 23.5 Å². The number of ether oxygens (including phenoxy) is 1. The lowest BCUT2D eigenvalue weighted by atomic mass is 10.0. The number of rotatable bonds is 3. The largest absolute Gasteiger partial charge is 0.378 e. The molecule has 0 radical (unpaired) electrons. The minimum absolute atomic E-state index is 0.139. The van der Waals surface area contributed by atoms with Crippen molar-refractivity contribution < 1.29 is 9.53 Å². The van der Waals surface area contributed by atoms with E-state index < -0.39 is 0 Å². The van der Waals surface area contributed by atoms with Crippen molar-refractivity contribution >= 4 is 33.4 Å². The molecule has 0 saturated carbocycles. The molecule has 1 aliphatic heterocycles. The van der Waals surface area contributed by atoms with Crippen molar-refractivity contribution in [3.8, 4) is 0 Å². The molecule has 1 N–H and O–H groups in total. The van der Waals surface area contributed by atoms with Crippen LogP contribution in [0, 0.1) is 5.92 Å². The Balaban J connectivity index is 1.97. The van der Waals surface area contributed by atoms with Crippen LogP contribution in [0.1, 0.15) is 23.7 Å². The highest BCUT2D eigenvalue weighted by Crippen LogP contribution is 2.22. The summed E-state index contributed by atoms with van der Waals surface area (Å²) in [5.74, 6) is 0.250. The summed E-state index contributed by atoms with van der Waals surface area (Å²) in [6.07, 6.45) is 1.21. The van der Waals surface area contributed by atoms with Crippen molar-refractivity contribution in [2.45, 2.75) is 19.4 Å². The normalized spacial score (nSPS) is 23.1. The molecule has 0 spiro atoms. The molecule has 5 heteroatoms. The molecule has 0 bridgehead atoms. The first-order valence-corrected chi connectivity index (χ1v) is 7.10. The number of benzene rings is 1. The van der Waals surface area contributed by atoms with Crippen LogP contribution < -0.4 is 5.32 Å². The zero-order chi connectivity index (χ0) is 13.1. The van der Waals surface area contributed by atoms with E-state index in [9.17, 15) is 4.79 Å². The lowest BCUT2D eigenvalue weighted by Gasteiger charge is -2.15. The average Bonchev–Trinajstić information content (AvgIpc) is 2.75. The van der Waals surface area contributed by atoms with Gasteiger partial charge in [0.1, 0.15) is 0 Å². The Morgan fingerprint density at radius 2 is 2.39 bits per heavy atom. The van der Waals surface area contributed by atoms with Gasteiger partial charge in [-0.1, -0.05) is 27.5 Å². The van der Waals surface area contributed by atoms with Gasteiger partial charge >= 0.3 is 0 Å². The number of halogens is 2. The Labute approximate surface area is 120 Å². The van der Waals surface area contributed by atoms with Gasteiger partial charge in [-0.15, -0.1) is 0 Å². The van der Waals surface area contributed by atoms with Crippen molar-refractivity contribution in [3.05, 3.63) is 33.3 Å². The Kier molecular flexibility index (Phi) is 4.65. The number of carbonyl (C=O) groups excluding carboxylic acids is 1. The van der Waals surface area contributed by atoms with Crippen LogP contribution in [0.25, 0.3) is 0 Å². The lowest BCUT2D eigenvalue weighted by molar-refractivity contribution is 0.0907. The zero-order valence-corrected chi connectivity index (χ0v) is 12.4. The summed E-state index contributed by atoms with van der Waals surface area (Å²) in [7, 11) is 0. The predicted octanol–water partition coefficient (Wildman–Crippen LogP) is 3.26. The van der Waals surface area contributed by atoms with Crippen LogP contribution in [-0.4, -0.2) is 25.2 Å². The first-order valence-electron chi connectivity index (χ1n) is 5.93. The highest BCUT2D eigenvalue weighted by atomic mass is 79.9. The number of amides is 1. The van der Waals surface area contributed by atoms with Gasteiger partial charge in [0.25, 0.3) is 5.91 Å². The van der Waals surface area contributed by atoms with Crippen LogP contribution in [-0.2, 0) is 4.74 Å². The van der Waals surface area contributed by atoms with Crippen LogP contribution in [0.3, 0.4) is 0 Å². The van der Waals surface area contributed by atoms with Gasteiger partial charge in [-0.05, 0) is 31.5 Å². The van der Waals surface area contributed by atoms with Crippen LogP contribution in [0.2, 0.25) is 5.02 Å². The molecule has 18 heavy (non-hydrogen) atoms. The van der Waals surface area contributed by atoms with Crippen molar-refractivity contribution in [2.75, 3.05) is 13.2 Å². The van der Waals surface area contributed by atoms with Crippen molar-refractivity contribution in [1.29, 1.82) is 0 Å². The second kappa shape index (κ2) is 6.04. The summed E-state index contributed by atoms with van der Waals surface area (Å²) in [6, 6.07) is 5.25.